The first-order valence-corrected chi connectivity index (χ1v) is 6.47. The minimum absolute atomic E-state index is 0.343. The lowest BCUT2D eigenvalue weighted by atomic mass is 9.77. The molecule has 1 fully saturated rings. The first kappa shape index (κ1) is 13.0. The number of likely N-dealkylation sites (N-methyl/N-ethyl adjacent to an activating group) is 1. The molecule has 0 saturated heterocycles. The molecule has 90 valence electrons. The van der Waals surface area contributed by atoms with E-state index in [0.29, 0.717) is 12.1 Å². The summed E-state index contributed by atoms with van der Waals surface area (Å²) < 4.78 is 5.72. The number of hydrogen-bond acceptors (Lipinski definition) is 2. The molecule has 0 amide bonds. The van der Waals surface area contributed by atoms with Crippen LogP contribution in [0.1, 0.15) is 46.5 Å². The van der Waals surface area contributed by atoms with E-state index in [2.05, 4.69) is 33.1 Å². The molecule has 15 heavy (non-hydrogen) atoms. The van der Waals surface area contributed by atoms with Gasteiger partial charge in [0.05, 0.1) is 6.10 Å². The summed E-state index contributed by atoms with van der Waals surface area (Å²) >= 11 is 0. The molecule has 1 aliphatic carbocycles. The van der Waals surface area contributed by atoms with Gasteiger partial charge in [-0.05, 0) is 45.6 Å². The highest BCUT2D eigenvalue weighted by molar-refractivity contribution is 4.84. The number of rotatable bonds is 5. The summed E-state index contributed by atoms with van der Waals surface area (Å²) in [6.07, 6.45) is 5.88. The highest BCUT2D eigenvalue weighted by atomic mass is 16.5. The fourth-order valence-corrected chi connectivity index (χ4v) is 3.03. The summed E-state index contributed by atoms with van der Waals surface area (Å²) in [7, 11) is 2.07. The molecule has 1 rings (SSSR count). The molecular weight excluding hydrogens is 186 g/mol. The van der Waals surface area contributed by atoms with Crippen molar-refractivity contribution in [2.24, 2.45) is 11.8 Å². The molecule has 4 unspecified atom stereocenters. The van der Waals surface area contributed by atoms with Crippen molar-refractivity contribution < 1.29 is 4.74 Å². The van der Waals surface area contributed by atoms with Crippen molar-refractivity contribution in [1.82, 2.24) is 5.32 Å². The molecule has 4 atom stereocenters. The number of hydrogen-bond donors (Lipinski definition) is 1. The van der Waals surface area contributed by atoms with Gasteiger partial charge in [0.15, 0.2) is 0 Å². The van der Waals surface area contributed by atoms with Crippen LogP contribution in [0.2, 0.25) is 0 Å². The molecule has 2 nitrogen and oxygen atoms in total. The van der Waals surface area contributed by atoms with Crippen molar-refractivity contribution in [2.45, 2.75) is 58.6 Å². The lowest BCUT2D eigenvalue weighted by molar-refractivity contribution is 0.0224. The van der Waals surface area contributed by atoms with E-state index in [1.54, 1.807) is 0 Å². The standard InChI is InChI=1S/C13H27NO/c1-5-15-11(3)13(14-4)12-8-6-7-10(2)9-12/h10-14H,5-9H2,1-4H3. The van der Waals surface area contributed by atoms with Gasteiger partial charge in [-0.15, -0.1) is 0 Å². The summed E-state index contributed by atoms with van der Waals surface area (Å²) in [4.78, 5) is 0. The van der Waals surface area contributed by atoms with Crippen LogP contribution in [0.5, 0.6) is 0 Å². The molecule has 1 aliphatic rings. The zero-order valence-electron chi connectivity index (χ0n) is 10.8. The minimum Gasteiger partial charge on any atom is -0.377 e. The highest BCUT2D eigenvalue weighted by Gasteiger charge is 2.29. The van der Waals surface area contributed by atoms with Crippen LogP contribution in [-0.4, -0.2) is 25.8 Å². The molecule has 0 spiro atoms. The molecule has 1 N–H and O–H groups in total. The first-order chi connectivity index (χ1) is 7.19. The molecule has 0 aliphatic heterocycles. The predicted octanol–water partition coefficient (Wildman–Crippen LogP) is 2.83. The van der Waals surface area contributed by atoms with Gasteiger partial charge in [0.2, 0.25) is 0 Å². The van der Waals surface area contributed by atoms with Crippen molar-refractivity contribution in [3.05, 3.63) is 0 Å². The number of nitrogens with one attached hydrogen (secondary N) is 1. The lowest BCUT2D eigenvalue weighted by Gasteiger charge is -2.36. The molecule has 0 aromatic carbocycles. The van der Waals surface area contributed by atoms with Crippen LogP contribution >= 0.6 is 0 Å². The van der Waals surface area contributed by atoms with Crippen LogP contribution in [-0.2, 0) is 4.74 Å². The maximum Gasteiger partial charge on any atom is 0.0702 e. The van der Waals surface area contributed by atoms with Crippen molar-refractivity contribution in [3.63, 3.8) is 0 Å². The normalized spacial score (nSPS) is 31.2. The van der Waals surface area contributed by atoms with Gasteiger partial charge >= 0.3 is 0 Å². The van der Waals surface area contributed by atoms with E-state index in [4.69, 9.17) is 4.74 Å². The van der Waals surface area contributed by atoms with Crippen LogP contribution in [0, 0.1) is 11.8 Å². The maximum absolute atomic E-state index is 5.72. The molecule has 2 heteroatoms. The van der Waals surface area contributed by atoms with Crippen molar-refractivity contribution in [2.75, 3.05) is 13.7 Å². The minimum atomic E-state index is 0.343. The second kappa shape index (κ2) is 6.49. The van der Waals surface area contributed by atoms with Gasteiger partial charge in [0, 0.05) is 12.6 Å². The average Bonchev–Trinajstić information content (AvgIpc) is 2.19. The summed E-state index contributed by atoms with van der Waals surface area (Å²) in [5.74, 6) is 1.70. The van der Waals surface area contributed by atoms with Gasteiger partial charge < -0.3 is 10.1 Å². The summed E-state index contributed by atoms with van der Waals surface area (Å²) in [5, 5.41) is 3.45. The van der Waals surface area contributed by atoms with Gasteiger partial charge in [-0.3, -0.25) is 0 Å². The van der Waals surface area contributed by atoms with E-state index in [-0.39, 0.29) is 0 Å². The Hall–Kier alpha value is -0.0800. The largest absolute Gasteiger partial charge is 0.377 e. The Morgan fingerprint density at radius 3 is 2.67 bits per heavy atom. The molecule has 0 bridgehead atoms. The Kier molecular flexibility index (Phi) is 5.62. The monoisotopic (exact) mass is 213 g/mol. The predicted molar refractivity (Wildman–Crippen MR) is 65.1 cm³/mol. The zero-order valence-corrected chi connectivity index (χ0v) is 10.8. The smallest absolute Gasteiger partial charge is 0.0702 e. The second-order valence-corrected chi connectivity index (χ2v) is 5.01. The Balaban J connectivity index is 2.48. The van der Waals surface area contributed by atoms with Crippen LogP contribution in [0.25, 0.3) is 0 Å². The third kappa shape index (κ3) is 3.76. The number of ether oxygens (including phenoxy) is 1. The van der Waals surface area contributed by atoms with Gasteiger partial charge in [-0.1, -0.05) is 19.8 Å². The quantitative estimate of drug-likeness (QED) is 0.758. The van der Waals surface area contributed by atoms with Gasteiger partial charge in [0.1, 0.15) is 0 Å². The SMILES string of the molecule is CCOC(C)C(NC)C1CCCC(C)C1. The molecule has 0 aromatic rings. The van der Waals surface area contributed by atoms with E-state index >= 15 is 0 Å². The van der Waals surface area contributed by atoms with E-state index in [1.165, 1.54) is 25.7 Å². The Labute approximate surface area is 94.8 Å². The summed E-state index contributed by atoms with van der Waals surface area (Å²) in [6.45, 7) is 7.47. The van der Waals surface area contributed by atoms with E-state index in [0.717, 1.165) is 18.4 Å². The topological polar surface area (TPSA) is 21.3 Å². The van der Waals surface area contributed by atoms with Gasteiger partial charge in [0.25, 0.3) is 0 Å². The zero-order chi connectivity index (χ0) is 11.3. The van der Waals surface area contributed by atoms with Crippen molar-refractivity contribution >= 4 is 0 Å². The third-order valence-electron chi connectivity index (χ3n) is 3.75. The first-order valence-electron chi connectivity index (χ1n) is 6.47. The molecular formula is C13H27NO. The summed E-state index contributed by atoms with van der Waals surface area (Å²) in [5.41, 5.74) is 0. The van der Waals surface area contributed by atoms with Crippen LogP contribution in [0.4, 0.5) is 0 Å². The summed E-state index contributed by atoms with van der Waals surface area (Å²) in [6, 6.07) is 0.535. The molecule has 1 saturated carbocycles. The molecule has 0 aromatic heterocycles. The van der Waals surface area contributed by atoms with E-state index in [9.17, 15) is 0 Å². The van der Waals surface area contributed by atoms with Gasteiger partial charge in [-0.25, -0.2) is 0 Å². The lowest BCUT2D eigenvalue weighted by Crippen LogP contribution is -2.45. The third-order valence-corrected chi connectivity index (χ3v) is 3.75. The molecule has 0 heterocycles. The van der Waals surface area contributed by atoms with Crippen LogP contribution in [0.3, 0.4) is 0 Å². The Bertz CT molecular complexity index is 172. The maximum atomic E-state index is 5.72. The van der Waals surface area contributed by atoms with Crippen molar-refractivity contribution in [3.8, 4) is 0 Å². The van der Waals surface area contributed by atoms with Crippen LogP contribution in [0.15, 0.2) is 0 Å². The van der Waals surface area contributed by atoms with Crippen molar-refractivity contribution in [1.29, 1.82) is 0 Å². The fourth-order valence-electron chi connectivity index (χ4n) is 3.03. The van der Waals surface area contributed by atoms with Gasteiger partial charge in [-0.2, -0.15) is 0 Å². The fraction of sp³-hybridized carbons (Fsp3) is 1.00. The van der Waals surface area contributed by atoms with Crippen LogP contribution < -0.4 is 5.32 Å². The Morgan fingerprint density at radius 1 is 1.40 bits per heavy atom. The van der Waals surface area contributed by atoms with E-state index < -0.39 is 0 Å². The average molecular weight is 213 g/mol. The Morgan fingerprint density at radius 2 is 2.13 bits per heavy atom. The second-order valence-electron chi connectivity index (χ2n) is 5.01. The highest BCUT2D eigenvalue weighted by Crippen LogP contribution is 2.32. The molecule has 0 radical (unpaired) electrons. The van der Waals surface area contributed by atoms with E-state index in [1.807, 2.05) is 0 Å².